The molecule has 3 rings (SSSR count). The van der Waals surface area contributed by atoms with Gasteiger partial charge in [0.15, 0.2) is 5.16 Å². The minimum Gasteiger partial charge on any atom is -0.467 e. The molecule has 0 aliphatic rings. The predicted molar refractivity (Wildman–Crippen MR) is 94.9 cm³/mol. The van der Waals surface area contributed by atoms with Gasteiger partial charge in [0.2, 0.25) is 5.91 Å². The molecule has 0 bridgehead atoms. The number of aromatic nitrogens is 2. The molecule has 0 atom stereocenters. The van der Waals surface area contributed by atoms with E-state index in [4.69, 9.17) is 4.42 Å². The minimum atomic E-state index is 0.0105. The van der Waals surface area contributed by atoms with Gasteiger partial charge in [0, 0.05) is 6.54 Å². The van der Waals surface area contributed by atoms with E-state index in [0.717, 1.165) is 22.2 Å². The Morgan fingerprint density at radius 1 is 1.25 bits per heavy atom. The molecule has 2 aromatic heterocycles. The molecule has 0 fully saturated rings. The first-order valence-electron chi connectivity index (χ1n) is 7.80. The number of hydrogen-bond donors (Lipinski definition) is 1. The van der Waals surface area contributed by atoms with Crippen molar-refractivity contribution < 1.29 is 9.21 Å². The van der Waals surface area contributed by atoms with Crippen LogP contribution in [0.3, 0.4) is 0 Å². The third-order valence-electron chi connectivity index (χ3n) is 3.49. The van der Waals surface area contributed by atoms with Crippen molar-refractivity contribution in [3.63, 3.8) is 0 Å². The summed E-state index contributed by atoms with van der Waals surface area (Å²) >= 11 is 1.43. The molecule has 0 saturated heterocycles. The highest BCUT2D eigenvalue weighted by Crippen LogP contribution is 2.27. The number of rotatable bonds is 7. The van der Waals surface area contributed by atoms with Crippen molar-refractivity contribution in [1.82, 2.24) is 14.9 Å². The van der Waals surface area contributed by atoms with Crippen LogP contribution in [0.2, 0.25) is 0 Å². The number of nitrogens with zero attached hydrogens (tertiary/aromatic N) is 2. The Hall–Kier alpha value is -2.47. The van der Waals surface area contributed by atoms with Gasteiger partial charge in [0.05, 0.1) is 30.5 Å². The van der Waals surface area contributed by atoms with Crippen molar-refractivity contribution in [1.29, 1.82) is 0 Å². The highest BCUT2D eigenvalue weighted by atomic mass is 32.2. The van der Waals surface area contributed by atoms with Gasteiger partial charge < -0.3 is 14.3 Å². The van der Waals surface area contributed by atoms with Crippen LogP contribution < -0.4 is 5.32 Å². The highest BCUT2D eigenvalue weighted by Gasteiger charge is 2.15. The summed E-state index contributed by atoms with van der Waals surface area (Å²) in [5.74, 6) is 1.21. The summed E-state index contributed by atoms with van der Waals surface area (Å²) < 4.78 is 7.56. The Morgan fingerprint density at radius 3 is 2.79 bits per heavy atom. The van der Waals surface area contributed by atoms with Crippen LogP contribution in [0, 0.1) is 0 Å². The van der Waals surface area contributed by atoms with Gasteiger partial charge >= 0.3 is 0 Å². The lowest BCUT2D eigenvalue weighted by Crippen LogP contribution is -2.24. The first-order valence-corrected chi connectivity index (χ1v) is 8.79. The molecule has 5 nitrogen and oxygen atoms in total. The second kappa shape index (κ2) is 7.88. The van der Waals surface area contributed by atoms with E-state index < -0.39 is 0 Å². The van der Waals surface area contributed by atoms with Crippen LogP contribution in [0.5, 0.6) is 0 Å². The summed E-state index contributed by atoms with van der Waals surface area (Å²) in [6.07, 6.45) is 3.51. The van der Waals surface area contributed by atoms with Gasteiger partial charge in [0.1, 0.15) is 5.76 Å². The molecule has 1 N–H and O–H groups in total. The monoisotopic (exact) mass is 341 g/mol. The lowest BCUT2D eigenvalue weighted by molar-refractivity contribution is -0.118. The molecule has 0 radical (unpaired) electrons. The van der Waals surface area contributed by atoms with Crippen molar-refractivity contribution in [3.8, 4) is 11.3 Å². The van der Waals surface area contributed by atoms with Crippen LogP contribution in [0.15, 0.2) is 64.5 Å². The van der Waals surface area contributed by atoms with Crippen molar-refractivity contribution >= 4 is 17.7 Å². The van der Waals surface area contributed by atoms with E-state index in [1.165, 1.54) is 11.8 Å². The number of hydrogen-bond acceptors (Lipinski definition) is 4. The zero-order valence-corrected chi connectivity index (χ0v) is 14.3. The van der Waals surface area contributed by atoms with Crippen LogP contribution >= 0.6 is 11.8 Å². The summed E-state index contributed by atoms with van der Waals surface area (Å²) in [6, 6.07) is 13.9. The molecule has 6 heteroatoms. The predicted octanol–water partition coefficient (Wildman–Crippen LogP) is 3.42. The van der Waals surface area contributed by atoms with E-state index in [1.807, 2.05) is 55.6 Å². The highest BCUT2D eigenvalue weighted by molar-refractivity contribution is 7.99. The van der Waals surface area contributed by atoms with E-state index in [0.29, 0.717) is 18.8 Å². The summed E-state index contributed by atoms with van der Waals surface area (Å²) in [6.45, 7) is 3.12. The van der Waals surface area contributed by atoms with Crippen LogP contribution in [-0.4, -0.2) is 27.8 Å². The zero-order valence-electron chi connectivity index (χ0n) is 13.4. The normalized spacial score (nSPS) is 10.7. The second-order valence-electron chi connectivity index (χ2n) is 5.20. The van der Waals surface area contributed by atoms with Crippen molar-refractivity contribution in [2.75, 3.05) is 12.3 Å². The van der Waals surface area contributed by atoms with Gasteiger partial charge in [0.25, 0.3) is 0 Å². The fourth-order valence-corrected chi connectivity index (χ4v) is 3.21. The molecule has 124 valence electrons. The lowest BCUT2D eigenvalue weighted by atomic mass is 10.2. The number of nitrogens with one attached hydrogen (secondary N) is 1. The Morgan fingerprint density at radius 2 is 2.08 bits per heavy atom. The Balaban J connectivity index is 1.88. The summed E-state index contributed by atoms with van der Waals surface area (Å²) in [4.78, 5) is 16.2. The van der Waals surface area contributed by atoms with Crippen molar-refractivity contribution in [2.45, 2.75) is 18.6 Å². The molecule has 1 aromatic carbocycles. The number of carbonyl (C=O) groups excluding carboxylic acids is 1. The number of carbonyl (C=O) groups is 1. The van der Waals surface area contributed by atoms with Crippen LogP contribution in [0.1, 0.15) is 12.7 Å². The van der Waals surface area contributed by atoms with E-state index in [2.05, 4.69) is 14.9 Å². The Kier molecular flexibility index (Phi) is 5.38. The summed E-state index contributed by atoms with van der Waals surface area (Å²) in [5, 5.41) is 3.61. The second-order valence-corrected chi connectivity index (χ2v) is 6.14. The largest absolute Gasteiger partial charge is 0.467 e. The third kappa shape index (κ3) is 3.89. The Bertz CT molecular complexity index is 782. The fourth-order valence-electron chi connectivity index (χ4n) is 2.40. The maximum Gasteiger partial charge on any atom is 0.230 e. The number of benzene rings is 1. The van der Waals surface area contributed by atoms with Crippen LogP contribution in [0.25, 0.3) is 11.3 Å². The maximum atomic E-state index is 11.7. The van der Waals surface area contributed by atoms with Gasteiger partial charge in [-0.2, -0.15) is 0 Å². The molecule has 24 heavy (non-hydrogen) atoms. The van der Waals surface area contributed by atoms with E-state index in [1.54, 1.807) is 6.26 Å². The van der Waals surface area contributed by atoms with Gasteiger partial charge in [-0.15, -0.1) is 0 Å². The lowest BCUT2D eigenvalue weighted by Gasteiger charge is -2.10. The smallest absolute Gasteiger partial charge is 0.230 e. The van der Waals surface area contributed by atoms with E-state index >= 15 is 0 Å². The average molecular weight is 341 g/mol. The minimum absolute atomic E-state index is 0.0105. The number of furan rings is 1. The molecule has 2 heterocycles. The number of imidazole rings is 1. The van der Waals surface area contributed by atoms with Crippen molar-refractivity contribution in [3.05, 3.63) is 60.7 Å². The van der Waals surface area contributed by atoms with Crippen molar-refractivity contribution in [2.24, 2.45) is 0 Å². The van der Waals surface area contributed by atoms with Gasteiger partial charge in [-0.1, -0.05) is 42.1 Å². The van der Waals surface area contributed by atoms with Gasteiger partial charge in [-0.05, 0) is 24.6 Å². The molecular formula is C18H19N3O2S. The van der Waals surface area contributed by atoms with Gasteiger partial charge in [-0.25, -0.2) is 4.98 Å². The SMILES string of the molecule is CCNC(=O)CSc1ncc(-c2ccccc2)n1Cc1ccco1. The Labute approximate surface area is 145 Å². The summed E-state index contributed by atoms with van der Waals surface area (Å²) in [7, 11) is 0. The molecular weight excluding hydrogens is 322 g/mol. The molecule has 0 aliphatic heterocycles. The topological polar surface area (TPSA) is 60.1 Å². The first kappa shape index (κ1) is 16.4. The van der Waals surface area contributed by atoms with Gasteiger partial charge in [-0.3, -0.25) is 4.79 Å². The van der Waals surface area contributed by atoms with E-state index in [9.17, 15) is 4.79 Å². The standard InChI is InChI=1S/C18H19N3O2S/c1-2-19-17(22)13-24-18-20-11-16(14-7-4-3-5-8-14)21(18)12-15-9-6-10-23-15/h3-11H,2,12-13H2,1H3,(H,19,22). The molecule has 0 spiro atoms. The molecule has 0 saturated carbocycles. The molecule has 0 aliphatic carbocycles. The van der Waals surface area contributed by atoms with Crippen LogP contribution in [0.4, 0.5) is 0 Å². The molecule has 1 amide bonds. The molecule has 3 aromatic rings. The zero-order chi connectivity index (χ0) is 16.8. The fraction of sp³-hybridized carbons (Fsp3) is 0.222. The summed E-state index contributed by atoms with van der Waals surface area (Å²) in [5.41, 5.74) is 2.09. The number of amides is 1. The quantitative estimate of drug-likeness (QED) is 0.669. The first-order chi connectivity index (χ1) is 11.8. The third-order valence-corrected chi connectivity index (χ3v) is 4.48. The van der Waals surface area contributed by atoms with Crippen LogP contribution in [-0.2, 0) is 11.3 Å². The maximum absolute atomic E-state index is 11.7. The average Bonchev–Trinajstić information content (AvgIpc) is 3.25. The molecule has 0 unspecified atom stereocenters. The van der Waals surface area contributed by atoms with E-state index in [-0.39, 0.29) is 5.91 Å². The number of thioether (sulfide) groups is 1.